The minimum atomic E-state index is 0. The Balaban J connectivity index is 0.00000288. The van der Waals surface area contributed by atoms with Gasteiger partial charge in [-0.15, -0.1) is 24.0 Å². The summed E-state index contributed by atoms with van der Waals surface area (Å²) >= 11 is 12.0. The summed E-state index contributed by atoms with van der Waals surface area (Å²) in [5, 5.41) is 7.66. The van der Waals surface area contributed by atoms with Crippen molar-refractivity contribution in [3.63, 3.8) is 0 Å². The summed E-state index contributed by atoms with van der Waals surface area (Å²) in [4.78, 5) is 8.34. The predicted octanol–water partition coefficient (Wildman–Crippen LogP) is 3.88. The second-order valence-electron chi connectivity index (χ2n) is 4.72. The molecule has 0 aliphatic carbocycles. The van der Waals surface area contributed by atoms with Gasteiger partial charge in [0.15, 0.2) is 5.96 Å². The van der Waals surface area contributed by atoms with E-state index in [1.165, 1.54) is 0 Å². The van der Waals surface area contributed by atoms with Crippen LogP contribution in [0.4, 0.5) is 0 Å². The molecule has 0 spiro atoms. The number of aliphatic imine (C=N–C) groups is 1. The second-order valence-corrected chi connectivity index (χ2v) is 5.57. The van der Waals surface area contributed by atoms with Crippen LogP contribution >= 0.6 is 47.2 Å². The molecular formula is C16H19Cl2IN4O. The Labute approximate surface area is 168 Å². The normalized spacial score (nSPS) is 10.8. The first kappa shape index (κ1) is 20.8. The molecule has 0 unspecified atom stereocenters. The molecular weight excluding hydrogens is 462 g/mol. The Morgan fingerprint density at radius 1 is 1.17 bits per heavy atom. The molecule has 0 radical (unpaired) electrons. The van der Waals surface area contributed by atoms with Crippen LogP contribution in [0, 0.1) is 0 Å². The van der Waals surface area contributed by atoms with Crippen molar-refractivity contribution in [1.82, 2.24) is 15.6 Å². The van der Waals surface area contributed by atoms with Gasteiger partial charge in [-0.1, -0.05) is 35.3 Å². The highest BCUT2D eigenvalue weighted by molar-refractivity contribution is 14.0. The quantitative estimate of drug-likeness (QED) is 0.387. The number of methoxy groups -OCH3 is 1. The minimum Gasteiger partial charge on any atom is -0.481 e. The highest BCUT2D eigenvalue weighted by Crippen LogP contribution is 2.20. The van der Waals surface area contributed by atoms with Crippen LogP contribution in [0.5, 0.6) is 5.88 Å². The fourth-order valence-corrected chi connectivity index (χ4v) is 2.36. The molecule has 2 N–H and O–H groups in total. The van der Waals surface area contributed by atoms with Crippen LogP contribution < -0.4 is 15.4 Å². The van der Waals surface area contributed by atoms with Crippen molar-refractivity contribution >= 4 is 53.1 Å². The van der Waals surface area contributed by atoms with Crippen molar-refractivity contribution in [3.05, 3.63) is 57.7 Å². The van der Waals surface area contributed by atoms with Crippen LogP contribution in [0.1, 0.15) is 11.1 Å². The van der Waals surface area contributed by atoms with Crippen molar-refractivity contribution < 1.29 is 4.74 Å². The molecule has 0 amide bonds. The van der Waals surface area contributed by atoms with Crippen molar-refractivity contribution in [2.75, 3.05) is 14.2 Å². The number of halogens is 3. The summed E-state index contributed by atoms with van der Waals surface area (Å²) in [5.41, 5.74) is 1.98. The van der Waals surface area contributed by atoms with E-state index in [0.717, 1.165) is 11.1 Å². The summed E-state index contributed by atoms with van der Waals surface area (Å²) in [6.07, 6.45) is 1.76. The van der Waals surface area contributed by atoms with Gasteiger partial charge in [0, 0.05) is 42.4 Å². The Morgan fingerprint density at radius 2 is 1.92 bits per heavy atom. The molecule has 0 saturated heterocycles. The van der Waals surface area contributed by atoms with Gasteiger partial charge >= 0.3 is 0 Å². The number of aromatic nitrogens is 1. The smallest absolute Gasteiger partial charge is 0.212 e. The Hall–Kier alpha value is -1.25. The largest absolute Gasteiger partial charge is 0.481 e. The monoisotopic (exact) mass is 480 g/mol. The van der Waals surface area contributed by atoms with Crippen LogP contribution in [0.15, 0.2) is 41.5 Å². The molecule has 130 valence electrons. The van der Waals surface area contributed by atoms with Gasteiger partial charge in [-0.2, -0.15) is 0 Å². The van der Waals surface area contributed by atoms with Crippen LogP contribution in [-0.2, 0) is 13.1 Å². The van der Waals surface area contributed by atoms with Crippen LogP contribution in [-0.4, -0.2) is 25.1 Å². The van der Waals surface area contributed by atoms with Crippen molar-refractivity contribution in [3.8, 4) is 5.88 Å². The zero-order chi connectivity index (χ0) is 16.7. The molecule has 0 saturated carbocycles. The summed E-state index contributed by atoms with van der Waals surface area (Å²) < 4.78 is 5.03. The third kappa shape index (κ3) is 6.33. The molecule has 0 aliphatic rings. The van der Waals surface area contributed by atoms with Gasteiger partial charge in [0.25, 0.3) is 0 Å². The summed E-state index contributed by atoms with van der Waals surface area (Å²) in [6.45, 7) is 1.15. The van der Waals surface area contributed by atoms with E-state index in [4.69, 9.17) is 27.9 Å². The lowest BCUT2D eigenvalue weighted by atomic mass is 10.2. The Kier molecular flexibility index (Phi) is 9.17. The zero-order valence-electron chi connectivity index (χ0n) is 13.3. The van der Waals surface area contributed by atoms with Gasteiger partial charge in [0.05, 0.1) is 7.11 Å². The Bertz CT molecular complexity index is 680. The lowest BCUT2D eigenvalue weighted by molar-refractivity contribution is 0.397. The molecule has 0 bridgehead atoms. The van der Waals surface area contributed by atoms with Gasteiger partial charge < -0.3 is 15.4 Å². The number of nitrogens with zero attached hydrogens (tertiary/aromatic N) is 2. The van der Waals surface area contributed by atoms with Crippen molar-refractivity contribution in [1.29, 1.82) is 0 Å². The number of nitrogens with one attached hydrogen (secondary N) is 2. The number of rotatable bonds is 5. The first-order valence-electron chi connectivity index (χ1n) is 6.99. The van der Waals surface area contributed by atoms with Gasteiger partial charge in [0.1, 0.15) is 0 Å². The lowest BCUT2D eigenvalue weighted by Crippen LogP contribution is -2.36. The van der Waals surface area contributed by atoms with Gasteiger partial charge in [-0.25, -0.2) is 4.98 Å². The molecule has 24 heavy (non-hydrogen) atoms. The van der Waals surface area contributed by atoms with Crippen LogP contribution in [0.2, 0.25) is 10.0 Å². The average Bonchev–Trinajstić information content (AvgIpc) is 2.57. The standard InChI is InChI=1S/C16H18Cl2N4O.HI/c1-19-16(21-9-11-3-6-15(23-2)20-8-11)22-10-12-4-5-13(17)7-14(12)18;/h3-8H,9-10H2,1-2H3,(H2,19,21,22);1H. The molecule has 0 fully saturated rings. The maximum absolute atomic E-state index is 6.15. The molecule has 1 aromatic heterocycles. The van der Waals surface area contributed by atoms with E-state index in [1.807, 2.05) is 24.3 Å². The van der Waals surface area contributed by atoms with E-state index in [2.05, 4.69) is 20.6 Å². The highest BCUT2D eigenvalue weighted by Gasteiger charge is 2.04. The Morgan fingerprint density at radius 3 is 2.50 bits per heavy atom. The molecule has 1 aromatic carbocycles. The van der Waals surface area contributed by atoms with Crippen LogP contribution in [0.3, 0.4) is 0 Å². The average molecular weight is 481 g/mol. The topological polar surface area (TPSA) is 58.5 Å². The van der Waals surface area contributed by atoms with Crippen molar-refractivity contribution in [2.24, 2.45) is 4.99 Å². The van der Waals surface area contributed by atoms with Crippen LogP contribution in [0.25, 0.3) is 0 Å². The number of guanidine groups is 1. The summed E-state index contributed by atoms with van der Waals surface area (Å²) in [6, 6.07) is 9.18. The van der Waals surface area contributed by atoms with E-state index in [0.29, 0.717) is 35.0 Å². The fourth-order valence-electron chi connectivity index (χ4n) is 1.89. The maximum Gasteiger partial charge on any atom is 0.212 e. The van der Waals surface area contributed by atoms with E-state index >= 15 is 0 Å². The third-order valence-corrected chi connectivity index (χ3v) is 3.74. The van der Waals surface area contributed by atoms with E-state index in [9.17, 15) is 0 Å². The van der Waals surface area contributed by atoms with Crippen molar-refractivity contribution in [2.45, 2.75) is 13.1 Å². The minimum absolute atomic E-state index is 0. The number of hydrogen-bond donors (Lipinski definition) is 2. The SMILES string of the molecule is CN=C(NCc1ccc(OC)nc1)NCc1ccc(Cl)cc1Cl.I. The molecule has 1 heterocycles. The molecule has 5 nitrogen and oxygen atoms in total. The molecule has 0 aliphatic heterocycles. The first-order chi connectivity index (χ1) is 11.1. The van der Waals surface area contributed by atoms with E-state index in [1.54, 1.807) is 26.4 Å². The predicted molar refractivity (Wildman–Crippen MR) is 110 cm³/mol. The van der Waals surface area contributed by atoms with Gasteiger partial charge in [-0.3, -0.25) is 4.99 Å². The summed E-state index contributed by atoms with van der Waals surface area (Å²) in [7, 11) is 3.30. The van der Waals surface area contributed by atoms with Gasteiger partial charge in [-0.05, 0) is 23.3 Å². The number of pyridine rings is 1. The van der Waals surface area contributed by atoms with E-state index < -0.39 is 0 Å². The molecule has 2 aromatic rings. The fraction of sp³-hybridized carbons (Fsp3) is 0.250. The second kappa shape index (κ2) is 10.6. The third-order valence-electron chi connectivity index (χ3n) is 3.15. The molecule has 2 rings (SSSR count). The molecule has 0 atom stereocenters. The van der Waals surface area contributed by atoms with E-state index in [-0.39, 0.29) is 24.0 Å². The number of benzene rings is 1. The first-order valence-corrected chi connectivity index (χ1v) is 7.75. The zero-order valence-corrected chi connectivity index (χ0v) is 17.2. The number of hydrogen-bond acceptors (Lipinski definition) is 3. The lowest BCUT2D eigenvalue weighted by Gasteiger charge is -2.13. The summed E-state index contributed by atoms with van der Waals surface area (Å²) in [5.74, 6) is 1.26. The highest BCUT2D eigenvalue weighted by atomic mass is 127. The van der Waals surface area contributed by atoms with Gasteiger partial charge in [0.2, 0.25) is 5.88 Å². The maximum atomic E-state index is 6.15. The number of ether oxygens (including phenoxy) is 1. The molecule has 8 heteroatoms.